The van der Waals surface area contributed by atoms with Crippen molar-refractivity contribution in [3.63, 3.8) is 0 Å². The molecule has 0 unspecified atom stereocenters. The van der Waals surface area contributed by atoms with Gasteiger partial charge in [0.2, 0.25) is 5.91 Å². The highest BCUT2D eigenvalue weighted by molar-refractivity contribution is 5.81. The molecule has 0 aromatic carbocycles. The largest absolute Gasteiger partial charge is 0.379 e. The smallest absolute Gasteiger partial charge is 0.236 e. The number of unbranched alkanes of at least 4 members (excludes halogenated alkanes) is 1. The van der Waals surface area contributed by atoms with Crippen molar-refractivity contribution in [1.82, 2.24) is 5.32 Å². The summed E-state index contributed by atoms with van der Waals surface area (Å²) in [4.78, 5) is 11.7. The van der Waals surface area contributed by atoms with Gasteiger partial charge in [0.05, 0.1) is 32.5 Å². The van der Waals surface area contributed by atoms with Crippen LogP contribution in [0, 0.1) is 0 Å². The molecular weight excluding hydrogens is 312 g/mol. The van der Waals surface area contributed by atoms with E-state index in [1.54, 1.807) is 0 Å². The van der Waals surface area contributed by atoms with Crippen molar-refractivity contribution in [2.45, 2.75) is 38.1 Å². The van der Waals surface area contributed by atoms with E-state index in [2.05, 4.69) is 5.32 Å². The Morgan fingerprint density at radius 3 is 1.92 bits per heavy atom. The highest BCUT2D eigenvalue weighted by atomic mass is 16.5. The van der Waals surface area contributed by atoms with Crippen molar-refractivity contribution in [1.29, 1.82) is 0 Å². The summed E-state index contributed by atoms with van der Waals surface area (Å²) in [6.45, 7) is 5.33. The third-order valence-electron chi connectivity index (χ3n) is 3.31. The predicted octanol–water partition coefficient (Wildman–Crippen LogP) is -0.652. The Bertz CT molecular complexity index is 283. The van der Waals surface area contributed by atoms with Crippen molar-refractivity contribution in [3.8, 4) is 0 Å². The van der Waals surface area contributed by atoms with Crippen LogP contribution < -0.4 is 22.5 Å². The zero-order chi connectivity index (χ0) is 17.9. The lowest BCUT2D eigenvalue weighted by Crippen LogP contribution is -2.41. The minimum atomic E-state index is -0.446. The van der Waals surface area contributed by atoms with Gasteiger partial charge in [0.25, 0.3) is 0 Å². The number of hydrogen-bond donors (Lipinski definition) is 4. The van der Waals surface area contributed by atoms with Crippen LogP contribution in [0.15, 0.2) is 0 Å². The number of nitrogens with one attached hydrogen (secondary N) is 1. The van der Waals surface area contributed by atoms with Gasteiger partial charge in [-0.05, 0) is 38.8 Å². The van der Waals surface area contributed by atoms with Crippen LogP contribution in [0.3, 0.4) is 0 Å². The lowest BCUT2D eigenvalue weighted by molar-refractivity contribution is -0.122. The molecule has 7 N–H and O–H groups in total. The Morgan fingerprint density at radius 1 is 0.792 bits per heavy atom. The van der Waals surface area contributed by atoms with Crippen molar-refractivity contribution in [2.24, 2.45) is 17.2 Å². The van der Waals surface area contributed by atoms with E-state index < -0.39 is 6.04 Å². The van der Waals surface area contributed by atoms with E-state index in [1.165, 1.54) is 0 Å². The third-order valence-corrected chi connectivity index (χ3v) is 3.31. The molecule has 0 fully saturated rings. The second-order valence-electron chi connectivity index (χ2n) is 5.51. The molecule has 0 aliphatic rings. The van der Waals surface area contributed by atoms with E-state index >= 15 is 0 Å². The standard InChI is InChI=1S/C16H36N4O4/c17-6-2-1-5-15(19)16(21)20-8-4-10-23-12-14-24-13-11-22-9-3-7-18/h15H,1-14,17-19H2,(H,20,21)/t15-/m0/s1. The summed E-state index contributed by atoms with van der Waals surface area (Å²) in [6.07, 6.45) is 4.08. The van der Waals surface area contributed by atoms with Gasteiger partial charge in [-0.3, -0.25) is 4.79 Å². The maximum Gasteiger partial charge on any atom is 0.236 e. The number of amides is 1. The molecule has 0 bridgehead atoms. The monoisotopic (exact) mass is 348 g/mol. The maximum atomic E-state index is 11.7. The average Bonchev–Trinajstić information content (AvgIpc) is 2.58. The molecule has 8 nitrogen and oxygen atoms in total. The van der Waals surface area contributed by atoms with Crippen molar-refractivity contribution in [2.75, 3.05) is 59.3 Å². The van der Waals surface area contributed by atoms with Gasteiger partial charge in [-0.15, -0.1) is 0 Å². The molecule has 0 aromatic rings. The van der Waals surface area contributed by atoms with E-state index in [0.717, 1.165) is 25.7 Å². The molecule has 1 amide bonds. The van der Waals surface area contributed by atoms with Gasteiger partial charge in [-0.25, -0.2) is 0 Å². The molecule has 0 saturated carbocycles. The SMILES string of the molecule is NCCCC[C@H](N)C(=O)NCCCOCCOCCOCCCN. The molecule has 0 radical (unpaired) electrons. The van der Waals surface area contributed by atoms with Crippen LogP contribution in [0.4, 0.5) is 0 Å². The van der Waals surface area contributed by atoms with Gasteiger partial charge in [-0.1, -0.05) is 6.42 Å². The molecule has 0 aliphatic heterocycles. The molecule has 24 heavy (non-hydrogen) atoms. The second kappa shape index (κ2) is 18.6. The maximum absolute atomic E-state index is 11.7. The Morgan fingerprint density at radius 2 is 1.33 bits per heavy atom. The minimum Gasteiger partial charge on any atom is -0.379 e. The lowest BCUT2D eigenvalue weighted by Gasteiger charge is -2.12. The first-order chi connectivity index (χ1) is 11.7. The van der Waals surface area contributed by atoms with Crippen LogP contribution in [0.2, 0.25) is 0 Å². The van der Waals surface area contributed by atoms with Crippen molar-refractivity contribution < 1.29 is 19.0 Å². The first-order valence-electron chi connectivity index (χ1n) is 8.89. The van der Waals surface area contributed by atoms with Crippen LogP contribution in [-0.4, -0.2) is 71.2 Å². The van der Waals surface area contributed by atoms with E-state index in [0.29, 0.717) is 65.7 Å². The molecule has 0 aliphatic carbocycles. The lowest BCUT2D eigenvalue weighted by atomic mass is 10.1. The number of rotatable bonds is 18. The molecular formula is C16H36N4O4. The van der Waals surface area contributed by atoms with Gasteiger partial charge in [0.15, 0.2) is 0 Å². The third kappa shape index (κ3) is 16.1. The van der Waals surface area contributed by atoms with Crippen LogP contribution in [0.25, 0.3) is 0 Å². The summed E-state index contributed by atoms with van der Waals surface area (Å²) in [5, 5.41) is 2.81. The fraction of sp³-hybridized carbons (Fsp3) is 0.938. The number of hydrogen-bond acceptors (Lipinski definition) is 7. The van der Waals surface area contributed by atoms with Crippen LogP contribution >= 0.6 is 0 Å². The highest BCUT2D eigenvalue weighted by Crippen LogP contribution is 1.97. The molecule has 0 saturated heterocycles. The summed E-state index contributed by atoms with van der Waals surface area (Å²) in [5.74, 6) is -0.106. The Balaban J connectivity index is 3.23. The van der Waals surface area contributed by atoms with E-state index in [9.17, 15) is 4.79 Å². The van der Waals surface area contributed by atoms with E-state index in [1.807, 2.05) is 0 Å². The van der Waals surface area contributed by atoms with Crippen molar-refractivity contribution in [3.05, 3.63) is 0 Å². The molecule has 1 atom stereocenters. The molecule has 0 heterocycles. The molecule has 0 rings (SSSR count). The molecule has 0 aromatic heterocycles. The number of carbonyl (C=O) groups is 1. The Hall–Kier alpha value is -0.770. The number of carbonyl (C=O) groups excluding carboxylic acids is 1. The normalized spacial score (nSPS) is 12.3. The second-order valence-corrected chi connectivity index (χ2v) is 5.51. The van der Waals surface area contributed by atoms with Gasteiger partial charge in [-0.2, -0.15) is 0 Å². The van der Waals surface area contributed by atoms with Gasteiger partial charge < -0.3 is 36.7 Å². The Labute approximate surface area is 145 Å². The van der Waals surface area contributed by atoms with Crippen LogP contribution in [-0.2, 0) is 19.0 Å². The number of nitrogens with two attached hydrogens (primary N) is 3. The van der Waals surface area contributed by atoms with Crippen LogP contribution in [0.1, 0.15) is 32.1 Å². The van der Waals surface area contributed by atoms with Gasteiger partial charge in [0, 0.05) is 19.8 Å². The number of ether oxygens (including phenoxy) is 3. The summed E-state index contributed by atoms with van der Waals surface area (Å²) in [7, 11) is 0. The first-order valence-corrected chi connectivity index (χ1v) is 8.89. The molecule has 0 spiro atoms. The zero-order valence-electron chi connectivity index (χ0n) is 14.8. The summed E-state index contributed by atoms with van der Waals surface area (Å²) < 4.78 is 16.1. The average molecular weight is 348 g/mol. The van der Waals surface area contributed by atoms with Gasteiger partial charge in [0.1, 0.15) is 0 Å². The summed E-state index contributed by atoms with van der Waals surface area (Å²) in [6, 6.07) is -0.446. The van der Waals surface area contributed by atoms with Crippen molar-refractivity contribution >= 4 is 5.91 Å². The summed E-state index contributed by atoms with van der Waals surface area (Å²) in [5.41, 5.74) is 16.5. The quantitative estimate of drug-likeness (QED) is 0.242. The highest BCUT2D eigenvalue weighted by Gasteiger charge is 2.11. The zero-order valence-corrected chi connectivity index (χ0v) is 14.8. The van der Waals surface area contributed by atoms with Crippen LogP contribution in [0.5, 0.6) is 0 Å². The topological polar surface area (TPSA) is 135 Å². The molecule has 8 heteroatoms. The summed E-state index contributed by atoms with van der Waals surface area (Å²) >= 11 is 0. The predicted molar refractivity (Wildman–Crippen MR) is 94.6 cm³/mol. The first kappa shape index (κ1) is 23.2. The fourth-order valence-corrected chi connectivity index (χ4v) is 1.88. The van der Waals surface area contributed by atoms with Gasteiger partial charge >= 0.3 is 0 Å². The fourth-order valence-electron chi connectivity index (χ4n) is 1.88. The molecule has 144 valence electrons. The van der Waals surface area contributed by atoms with E-state index in [-0.39, 0.29) is 5.91 Å². The Kier molecular flexibility index (Phi) is 18.0. The minimum absolute atomic E-state index is 0.106. The van der Waals surface area contributed by atoms with E-state index in [4.69, 9.17) is 31.4 Å².